The lowest BCUT2D eigenvalue weighted by Gasteiger charge is -2.35. The van der Waals surface area contributed by atoms with E-state index in [4.69, 9.17) is 27.9 Å². The maximum atomic E-state index is 12.6. The van der Waals surface area contributed by atoms with Crippen molar-refractivity contribution >= 4 is 46.4 Å². The summed E-state index contributed by atoms with van der Waals surface area (Å²) in [7, 11) is 0. The molecule has 0 aromatic heterocycles. The molecule has 148 valence electrons. The highest BCUT2D eigenvalue weighted by molar-refractivity contribution is 6.44. The first-order valence-corrected chi connectivity index (χ1v) is 9.77. The van der Waals surface area contributed by atoms with Crippen LogP contribution in [-0.2, 0) is 9.59 Å². The molecule has 8 heteroatoms. The average Bonchev–Trinajstić information content (AvgIpc) is 2.69. The van der Waals surface area contributed by atoms with Gasteiger partial charge in [0.2, 0.25) is 5.91 Å². The van der Waals surface area contributed by atoms with E-state index in [2.05, 4.69) is 10.6 Å². The van der Waals surface area contributed by atoms with Crippen molar-refractivity contribution < 1.29 is 14.3 Å². The minimum Gasteiger partial charge on any atom is -0.477 e. The quantitative estimate of drug-likeness (QED) is 0.745. The molecule has 0 aliphatic carbocycles. The molecule has 0 saturated heterocycles. The normalized spacial score (nSPS) is 15.4. The highest BCUT2D eigenvalue weighted by Crippen LogP contribution is 2.33. The fraction of sp³-hybridized carbons (Fsp3) is 0.300. The first-order chi connectivity index (χ1) is 13.5. The molecular formula is C20H21Cl2N3O3. The number of benzene rings is 2. The van der Waals surface area contributed by atoms with Crippen LogP contribution < -0.4 is 20.3 Å². The second kappa shape index (κ2) is 9.17. The predicted molar refractivity (Wildman–Crippen MR) is 111 cm³/mol. The highest BCUT2D eigenvalue weighted by atomic mass is 35.5. The van der Waals surface area contributed by atoms with Crippen molar-refractivity contribution in [1.29, 1.82) is 0 Å². The lowest BCUT2D eigenvalue weighted by molar-refractivity contribution is -0.128. The third-order valence-corrected chi connectivity index (χ3v) is 5.08. The van der Waals surface area contributed by atoms with Gasteiger partial charge in [-0.3, -0.25) is 9.59 Å². The maximum Gasteiger partial charge on any atom is 0.262 e. The van der Waals surface area contributed by atoms with Gasteiger partial charge in [-0.2, -0.15) is 0 Å². The molecule has 2 amide bonds. The van der Waals surface area contributed by atoms with E-state index in [1.165, 1.54) is 0 Å². The maximum absolute atomic E-state index is 12.6. The summed E-state index contributed by atoms with van der Waals surface area (Å²) in [6, 6.07) is 12.4. The molecule has 0 bridgehead atoms. The van der Waals surface area contributed by atoms with E-state index in [1.807, 2.05) is 30.0 Å². The third kappa shape index (κ3) is 4.69. The summed E-state index contributed by atoms with van der Waals surface area (Å²) >= 11 is 12.1. The van der Waals surface area contributed by atoms with Gasteiger partial charge in [0.15, 0.2) is 6.10 Å². The fourth-order valence-electron chi connectivity index (χ4n) is 2.92. The predicted octanol–water partition coefficient (Wildman–Crippen LogP) is 3.73. The number of nitrogens with one attached hydrogen (secondary N) is 2. The summed E-state index contributed by atoms with van der Waals surface area (Å²) in [5.74, 6) is 0.104. The number of fused-ring (bicyclic) bond motifs is 1. The zero-order chi connectivity index (χ0) is 20.1. The van der Waals surface area contributed by atoms with Gasteiger partial charge in [-0.05, 0) is 30.7 Å². The molecular weight excluding hydrogens is 401 g/mol. The average molecular weight is 422 g/mol. The third-order valence-electron chi connectivity index (χ3n) is 4.26. The molecule has 0 fully saturated rings. The highest BCUT2D eigenvalue weighted by Gasteiger charge is 2.31. The second-order valence-electron chi connectivity index (χ2n) is 6.40. The molecule has 1 aliphatic heterocycles. The number of para-hydroxylation sites is 2. The number of carbonyl (C=O) groups is 2. The Kier molecular flexibility index (Phi) is 6.65. The number of ether oxygens (including phenoxy) is 1. The number of nitrogens with zero attached hydrogens (tertiary/aromatic N) is 1. The number of anilines is 2. The van der Waals surface area contributed by atoms with Crippen LogP contribution in [-0.4, -0.2) is 37.6 Å². The van der Waals surface area contributed by atoms with Crippen molar-refractivity contribution in [3.63, 3.8) is 0 Å². The molecule has 1 unspecified atom stereocenters. The van der Waals surface area contributed by atoms with Crippen LogP contribution in [0.1, 0.15) is 13.3 Å². The monoisotopic (exact) mass is 421 g/mol. The summed E-state index contributed by atoms with van der Waals surface area (Å²) in [6.45, 7) is 2.87. The molecule has 28 heavy (non-hydrogen) atoms. The van der Waals surface area contributed by atoms with E-state index < -0.39 is 6.10 Å². The lowest BCUT2D eigenvalue weighted by atomic mass is 10.1. The van der Waals surface area contributed by atoms with Gasteiger partial charge in [0, 0.05) is 6.54 Å². The summed E-state index contributed by atoms with van der Waals surface area (Å²) in [4.78, 5) is 26.8. The topological polar surface area (TPSA) is 70.7 Å². The van der Waals surface area contributed by atoms with E-state index in [1.54, 1.807) is 24.3 Å². The van der Waals surface area contributed by atoms with Crippen LogP contribution in [0.15, 0.2) is 42.5 Å². The van der Waals surface area contributed by atoms with Gasteiger partial charge in [0.05, 0.1) is 34.5 Å². The van der Waals surface area contributed by atoms with Crippen LogP contribution in [0.5, 0.6) is 5.75 Å². The minimum absolute atomic E-state index is 0.0424. The number of rotatable bonds is 6. The number of hydrogen-bond donors (Lipinski definition) is 2. The summed E-state index contributed by atoms with van der Waals surface area (Å²) < 4.78 is 5.83. The van der Waals surface area contributed by atoms with Gasteiger partial charge < -0.3 is 20.3 Å². The SMILES string of the molecule is CCCNC(=O)C1CN(CC(=O)Nc2cccc(Cl)c2Cl)c2ccccc2O1. The summed E-state index contributed by atoms with van der Waals surface area (Å²) in [5, 5.41) is 6.26. The van der Waals surface area contributed by atoms with Crippen LogP contribution in [0.4, 0.5) is 11.4 Å². The van der Waals surface area contributed by atoms with Gasteiger partial charge in [-0.25, -0.2) is 0 Å². The summed E-state index contributed by atoms with van der Waals surface area (Å²) in [5.41, 5.74) is 1.20. The molecule has 0 spiro atoms. The molecule has 1 heterocycles. The number of hydrogen-bond acceptors (Lipinski definition) is 4. The number of amides is 2. The molecule has 2 N–H and O–H groups in total. The van der Waals surface area contributed by atoms with Crippen molar-refractivity contribution in [1.82, 2.24) is 5.32 Å². The van der Waals surface area contributed by atoms with Gasteiger partial charge in [-0.1, -0.05) is 48.3 Å². The van der Waals surface area contributed by atoms with Crippen LogP contribution in [0.3, 0.4) is 0 Å². The minimum atomic E-state index is -0.691. The Morgan fingerprint density at radius 1 is 1.18 bits per heavy atom. The van der Waals surface area contributed by atoms with Crippen LogP contribution in [0.25, 0.3) is 0 Å². The Bertz CT molecular complexity index is 876. The molecule has 0 radical (unpaired) electrons. The molecule has 0 saturated carbocycles. The Morgan fingerprint density at radius 3 is 2.75 bits per heavy atom. The second-order valence-corrected chi connectivity index (χ2v) is 7.18. The fourth-order valence-corrected chi connectivity index (χ4v) is 3.27. The number of carbonyl (C=O) groups excluding carboxylic acids is 2. The van der Waals surface area contributed by atoms with E-state index in [9.17, 15) is 9.59 Å². The Labute approximate surface area is 173 Å². The van der Waals surface area contributed by atoms with Crippen LogP contribution >= 0.6 is 23.2 Å². The molecule has 2 aromatic carbocycles. The van der Waals surface area contributed by atoms with Crippen molar-refractivity contribution in [2.24, 2.45) is 0 Å². The zero-order valence-electron chi connectivity index (χ0n) is 15.4. The van der Waals surface area contributed by atoms with Gasteiger partial charge in [-0.15, -0.1) is 0 Å². The molecule has 2 aromatic rings. The van der Waals surface area contributed by atoms with Gasteiger partial charge >= 0.3 is 0 Å². The van der Waals surface area contributed by atoms with Gasteiger partial charge in [0.1, 0.15) is 5.75 Å². The van der Waals surface area contributed by atoms with Crippen LogP contribution in [0, 0.1) is 0 Å². The smallest absolute Gasteiger partial charge is 0.262 e. The lowest BCUT2D eigenvalue weighted by Crippen LogP contribution is -2.50. The standard InChI is InChI=1S/C20H21Cl2N3O3/c1-2-10-23-20(27)17-11-25(15-8-3-4-9-16(15)28-17)12-18(26)24-14-7-5-6-13(21)19(14)22/h3-9,17H,2,10-12H2,1H3,(H,23,27)(H,24,26). The Morgan fingerprint density at radius 2 is 1.96 bits per heavy atom. The molecule has 3 rings (SSSR count). The molecule has 1 atom stereocenters. The Balaban J connectivity index is 1.74. The van der Waals surface area contributed by atoms with Crippen molar-refractivity contribution in [2.45, 2.75) is 19.4 Å². The van der Waals surface area contributed by atoms with E-state index in [-0.39, 0.29) is 29.9 Å². The first-order valence-electron chi connectivity index (χ1n) is 9.01. The summed E-state index contributed by atoms with van der Waals surface area (Å²) in [6.07, 6.45) is 0.144. The molecule has 1 aliphatic rings. The number of halogens is 2. The van der Waals surface area contributed by atoms with Gasteiger partial charge in [0.25, 0.3) is 5.91 Å². The van der Waals surface area contributed by atoms with E-state index in [0.717, 1.165) is 12.1 Å². The Hall–Kier alpha value is -2.44. The van der Waals surface area contributed by atoms with Crippen molar-refractivity contribution in [2.75, 3.05) is 29.9 Å². The molecule has 6 nitrogen and oxygen atoms in total. The zero-order valence-corrected chi connectivity index (χ0v) is 16.9. The van der Waals surface area contributed by atoms with Crippen LogP contribution in [0.2, 0.25) is 10.0 Å². The largest absolute Gasteiger partial charge is 0.477 e. The van der Waals surface area contributed by atoms with E-state index >= 15 is 0 Å². The van der Waals surface area contributed by atoms with Crippen molar-refractivity contribution in [3.05, 3.63) is 52.5 Å². The van der Waals surface area contributed by atoms with Crippen molar-refractivity contribution in [3.8, 4) is 5.75 Å². The van der Waals surface area contributed by atoms with E-state index in [0.29, 0.717) is 23.0 Å². The first kappa shape index (κ1) is 20.3.